The van der Waals surface area contributed by atoms with Gasteiger partial charge in [0.05, 0.1) is 19.3 Å². The van der Waals surface area contributed by atoms with Crippen LogP contribution in [0.15, 0.2) is 4.79 Å². The first-order valence-electron chi connectivity index (χ1n) is 14.9. The maximum atomic E-state index is 12.5. The van der Waals surface area contributed by atoms with Gasteiger partial charge in [-0.1, -0.05) is 104 Å². The van der Waals surface area contributed by atoms with E-state index in [-0.39, 0.29) is 25.1 Å². The van der Waals surface area contributed by atoms with Gasteiger partial charge >= 0.3 is 13.3 Å². The zero-order valence-corrected chi connectivity index (χ0v) is 25.1. The van der Waals surface area contributed by atoms with Crippen molar-refractivity contribution in [3.63, 3.8) is 0 Å². The Bertz CT molecular complexity index is 858. The standard InChI is InChI=1S/C28H54N3O6P/c1-4-7-8-9-10-11-12-13-14-15-16-17-18-19-21-37-25(6-3)26-24(5-2)31(28(32)30-27(26)29)20-22-36-23-38(33,34)35/h25H,4-23H2,1-3H3,(H2,29,30,32)(H2,33,34,35). The number of aromatic nitrogens is 2. The SMILES string of the molecule is CCCCCCCCCCCCCCCCOC(CC)c1c(N)nc(=O)n(CCOCP(=O)(O)O)c1CC. The van der Waals surface area contributed by atoms with Gasteiger partial charge in [-0.2, -0.15) is 4.98 Å². The summed E-state index contributed by atoms with van der Waals surface area (Å²) < 4.78 is 23.7. The molecule has 0 spiro atoms. The molecule has 1 heterocycles. The third kappa shape index (κ3) is 14.8. The lowest BCUT2D eigenvalue weighted by Gasteiger charge is -2.23. The first kappa shape index (κ1) is 34.8. The molecule has 0 amide bonds. The number of nitrogen functional groups attached to an aromatic ring is 1. The summed E-state index contributed by atoms with van der Waals surface area (Å²) in [6.07, 6.45) is 18.6. The van der Waals surface area contributed by atoms with E-state index in [9.17, 15) is 9.36 Å². The highest BCUT2D eigenvalue weighted by atomic mass is 31.2. The summed E-state index contributed by atoms with van der Waals surface area (Å²) in [5.41, 5.74) is 7.14. The number of unbranched alkanes of at least 4 members (excludes halogenated alkanes) is 13. The second kappa shape index (κ2) is 20.6. The lowest BCUT2D eigenvalue weighted by molar-refractivity contribution is 0.0462. The fourth-order valence-electron chi connectivity index (χ4n) is 4.86. The van der Waals surface area contributed by atoms with Crippen LogP contribution in [-0.4, -0.2) is 38.9 Å². The molecule has 9 nitrogen and oxygen atoms in total. The van der Waals surface area contributed by atoms with Crippen LogP contribution >= 0.6 is 7.60 Å². The Hall–Kier alpha value is -1.25. The molecule has 0 saturated heterocycles. The summed E-state index contributed by atoms with van der Waals surface area (Å²) >= 11 is 0. The van der Waals surface area contributed by atoms with Gasteiger partial charge in [-0.3, -0.25) is 9.13 Å². The number of anilines is 1. The van der Waals surface area contributed by atoms with Gasteiger partial charge in [-0.05, 0) is 19.3 Å². The van der Waals surface area contributed by atoms with Gasteiger partial charge in [-0.25, -0.2) is 4.79 Å². The predicted octanol–water partition coefficient (Wildman–Crippen LogP) is 6.49. The van der Waals surface area contributed by atoms with E-state index in [0.29, 0.717) is 19.4 Å². The van der Waals surface area contributed by atoms with Crippen molar-refractivity contribution >= 4 is 13.4 Å². The van der Waals surface area contributed by atoms with Gasteiger partial charge < -0.3 is 25.0 Å². The Morgan fingerprint density at radius 1 is 0.868 bits per heavy atom. The molecule has 0 radical (unpaired) electrons. The maximum absolute atomic E-state index is 12.5. The molecule has 0 aliphatic rings. The minimum atomic E-state index is -4.26. The molecule has 10 heteroatoms. The summed E-state index contributed by atoms with van der Waals surface area (Å²) in [4.78, 5) is 34.4. The van der Waals surface area contributed by atoms with Crippen LogP contribution in [0.5, 0.6) is 0 Å². The molecular formula is C28H54N3O6P. The number of rotatable bonds is 24. The summed E-state index contributed by atoms with van der Waals surface area (Å²) in [5, 5.41) is 0. The molecular weight excluding hydrogens is 505 g/mol. The van der Waals surface area contributed by atoms with Crippen LogP contribution < -0.4 is 11.4 Å². The van der Waals surface area contributed by atoms with Crippen LogP contribution in [0.1, 0.15) is 134 Å². The molecule has 0 aromatic carbocycles. The third-order valence-electron chi connectivity index (χ3n) is 6.92. The second-order valence-corrected chi connectivity index (χ2v) is 11.8. The van der Waals surface area contributed by atoms with Crippen LogP contribution in [-0.2, 0) is 27.0 Å². The van der Waals surface area contributed by atoms with Crippen molar-refractivity contribution in [2.45, 2.75) is 136 Å². The molecule has 0 bridgehead atoms. The van der Waals surface area contributed by atoms with Crippen LogP contribution in [0.3, 0.4) is 0 Å². The van der Waals surface area contributed by atoms with E-state index >= 15 is 0 Å². The zero-order chi connectivity index (χ0) is 28.2. The third-order valence-corrected chi connectivity index (χ3v) is 7.44. The zero-order valence-electron chi connectivity index (χ0n) is 24.2. The summed E-state index contributed by atoms with van der Waals surface area (Å²) in [5.74, 6) is 0.187. The highest BCUT2D eigenvalue weighted by Gasteiger charge is 2.22. The highest BCUT2D eigenvalue weighted by Crippen LogP contribution is 2.34. The molecule has 0 aliphatic heterocycles. The molecule has 4 N–H and O–H groups in total. The molecule has 222 valence electrons. The monoisotopic (exact) mass is 559 g/mol. The number of ether oxygens (including phenoxy) is 2. The van der Waals surface area contributed by atoms with Gasteiger partial charge in [0.15, 0.2) is 0 Å². The molecule has 1 aromatic heterocycles. The fraction of sp³-hybridized carbons (Fsp3) is 0.857. The lowest BCUT2D eigenvalue weighted by Crippen LogP contribution is -2.31. The largest absolute Gasteiger partial charge is 0.383 e. The normalized spacial score (nSPS) is 12.8. The molecule has 1 aromatic rings. The smallest absolute Gasteiger partial charge is 0.350 e. The average molecular weight is 560 g/mol. The topological polar surface area (TPSA) is 137 Å². The fourth-order valence-corrected chi connectivity index (χ4v) is 5.23. The van der Waals surface area contributed by atoms with E-state index in [4.69, 9.17) is 25.0 Å². The predicted molar refractivity (Wildman–Crippen MR) is 154 cm³/mol. The Morgan fingerprint density at radius 2 is 1.39 bits per heavy atom. The second-order valence-electron chi connectivity index (χ2n) is 10.2. The van der Waals surface area contributed by atoms with E-state index in [0.717, 1.165) is 24.1 Å². The van der Waals surface area contributed by atoms with E-state index in [1.807, 2.05) is 13.8 Å². The molecule has 38 heavy (non-hydrogen) atoms. The summed E-state index contributed by atoms with van der Waals surface area (Å²) in [6, 6.07) is 0. The van der Waals surface area contributed by atoms with Crippen LogP contribution in [0, 0.1) is 0 Å². The van der Waals surface area contributed by atoms with E-state index in [1.165, 1.54) is 81.6 Å². The van der Waals surface area contributed by atoms with E-state index < -0.39 is 19.6 Å². The van der Waals surface area contributed by atoms with Gasteiger partial charge in [-0.15, -0.1) is 0 Å². The minimum absolute atomic E-state index is 0.0141. The summed E-state index contributed by atoms with van der Waals surface area (Å²) in [6.45, 7) is 6.97. The molecule has 1 rings (SSSR count). The lowest BCUT2D eigenvalue weighted by atomic mass is 10.0. The summed E-state index contributed by atoms with van der Waals surface area (Å²) in [7, 11) is -4.26. The highest BCUT2D eigenvalue weighted by molar-refractivity contribution is 7.51. The molecule has 1 unspecified atom stereocenters. The molecule has 0 saturated carbocycles. The van der Waals surface area contributed by atoms with Crippen LogP contribution in [0.2, 0.25) is 0 Å². The Balaban J connectivity index is 2.40. The molecule has 1 atom stereocenters. The van der Waals surface area contributed by atoms with Gasteiger partial charge in [0.25, 0.3) is 0 Å². The van der Waals surface area contributed by atoms with Crippen molar-refractivity contribution in [2.24, 2.45) is 0 Å². The molecule has 0 aliphatic carbocycles. The quantitative estimate of drug-likeness (QED) is 0.0965. The van der Waals surface area contributed by atoms with Crippen molar-refractivity contribution in [2.75, 3.05) is 25.3 Å². The Labute approximate surface area is 230 Å². The number of nitrogens with zero attached hydrogens (tertiary/aromatic N) is 2. The first-order chi connectivity index (χ1) is 18.2. The first-order valence-corrected chi connectivity index (χ1v) is 16.7. The number of hydrogen-bond acceptors (Lipinski definition) is 6. The van der Waals surface area contributed by atoms with Crippen molar-refractivity contribution < 1.29 is 23.8 Å². The van der Waals surface area contributed by atoms with Gasteiger partial charge in [0.2, 0.25) is 0 Å². The molecule has 0 fully saturated rings. The van der Waals surface area contributed by atoms with Crippen LogP contribution in [0.25, 0.3) is 0 Å². The maximum Gasteiger partial charge on any atom is 0.350 e. The van der Waals surface area contributed by atoms with Gasteiger partial charge in [0.1, 0.15) is 12.2 Å². The van der Waals surface area contributed by atoms with Crippen molar-refractivity contribution in [3.05, 3.63) is 21.7 Å². The van der Waals surface area contributed by atoms with E-state index in [2.05, 4.69) is 11.9 Å². The van der Waals surface area contributed by atoms with Crippen molar-refractivity contribution in [1.82, 2.24) is 9.55 Å². The van der Waals surface area contributed by atoms with Gasteiger partial charge in [0, 0.05) is 17.9 Å². The average Bonchev–Trinajstić information content (AvgIpc) is 2.87. The minimum Gasteiger partial charge on any atom is -0.383 e. The Morgan fingerprint density at radius 3 is 1.87 bits per heavy atom. The Kier molecular flexibility index (Phi) is 18.9. The van der Waals surface area contributed by atoms with E-state index in [1.54, 1.807) is 0 Å². The number of nitrogens with two attached hydrogens (primary N) is 1. The number of hydrogen-bond donors (Lipinski definition) is 3. The van der Waals surface area contributed by atoms with Crippen LogP contribution in [0.4, 0.5) is 5.82 Å². The van der Waals surface area contributed by atoms with Crippen molar-refractivity contribution in [1.29, 1.82) is 0 Å². The van der Waals surface area contributed by atoms with Crippen molar-refractivity contribution in [3.8, 4) is 0 Å².